The van der Waals surface area contributed by atoms with E-state index in [0.29, 0.717) is 25.7 Å². The Bertz CT molecular complexity index is 1160. The van der Waals surface area contributed by atoms with Crippen molar-refractivity contribution in [3.63, 3.8) is 0 Å². The minimum absolute atomic E-state index is 0.0932. The summed E-state index contributed by atoms with van der Waals surface area (Å²) in [6, 6.07) is 8.58. The number of alkyl halides is 6. The van der Waals surface area contributed by atoms with Crippen LogP contribution in [0, 0.1) is 4.91 Å². The Morgan fingerprint density at radius 3 is 2.15 bits per heavy atom. The van der Waals surface area contributed by atoms with E-state index in [1.165, 1.54) is 18.2 Å². The molecule has 1 aliphatic carbocycles. The second-order valence-electron chi connectivity index (χ2n) is 9.63. The first-order chi connectivity index (χ1) is 18.5. The van der Waals surface area contributed by atoms with E-state index < -0.39 is 29.2 Å². The summed E-state index contributed by atoms with van der Waals surface area (Å²) in [6.07, 6.45) is -6.90. The number of piperazine rings is 1. The number of anilines is 2. The normalized spacial score (nSPS) is 20.6. The molecular weight excluding hydrogens is 530 g/mol. The van der Waals surface area contributed by atoms with Crippen LogP contribution in [0.15, 0.2) is 47.6 Å². The zero-order valence-corrected chi connectivity index (χ0v) is 20.9. The molecule has 0 radical (unpaired) electrons. The summed E-state index contributed by atoms with van der Waals surface area (Å²) in [7, 11) is 0. The third-order valence-corrected chi connectivity index (χ3v) is 7.07. The highest BCUT2D eigenvalue weighted by Crippen LogP contribution is 2.39. The average molecular weight is 559 g/mol. The number of hydrogen-bond acceptors (Lipinski definition) is 6. The third kappa shape index (κ3) is 7.20. The molecule has 1 saturated carbocycles. The van der Waals surface area contributed by atoms with Crippen molar-refractivity contribution in [2.24, 2.45) is 5.18 Å². The third-order valence-electron chi connectivity index (χ3n) is 7.07. The summed E-state index contributed by atoms with van der Waals surface area (Å²) in [5, 5.41) is 5.51. The second-order valence-corrected chi connectivity index (χ2v) is 9.63. The van der Waals surface area contributed by atoms with E-state index in [2.05, 4.69) is 10.5 Å². The fraction of sp³-hybridized carbons (Fsp3) is 0.500. The van der Waals surface area contributed by atoms with Crippen LogP contribution in [-0.2, 0) is 21.9 Å². The molecule has 0 unspecified atom stereocenters. The van der Waals surface area contributed by atoms with Gasteiger partial charge in [-0.1, -0.05) is 12.1 Å². The van der Waals surface area contributed by atoms with Crippen LogP contribution >= 0.6 is 0 Å². The van der Waals surface area contributed by atoms with Gasteiger partial charge in [0, 0.05) is 43.6 Å². The largest absolute Gasteiger partial charge is 0.418 e. The van der Waals surface area contributed by atoms with Crippen molar-refractivity contribution < 1.29 is 35.9 Å². The molecule has 1 saturated heterocycles. The summed E-state index contributed by atoms with van der Waals surface area (Å²) >= 11 is 0. The number of para-hydroxylation sites is 1. The fourth-order valence-electron chi connectivity index (χ4n) is 5.01. The van der Waals surface area contributed by atoms with Gasteiger partial charge in [-0.15, -0.1) is 4.91 Å². The number of amides is 1. The SMILES string of the molecule is O=Nc1ccc(NC2CCC(OCC(=O)N3CCN(c4ccccc4C(F)(F)F)CC3)CC2)cc1C(F)(F)F. The molecular formula is C26H28F6N4O3. The van der Waals surface area contributed by atoms with Gasteiger partial charge in [0.1, 0.15) is 12.3 Å². The molecule has 1 amide bonds. The van der Waals surface area contributed by atoms with Crippen LogP contribution in [0.3, 0.4) is 0 Å². The van der Waals surface area contributed by atoms with E-state index in [1.807, 2.05) is 0 Å². The minimum atomic E-state index is -4.70. The smallest absolute Gasteiger partial charge is 0.382 e. The Hall–Kier alpha value is -3.35. The highest BCUT2D eigenvalue weighted by Gasteiger charge is 2.36. The van der Waals surface area contributed by atoms with Crippen molar-refractivity contribution in [1.29, 1.82) is 0 Å². The number of hydrogen-bond donors (Lipinski definition) is 1. The maximum atomic E-state index is 13.3. The zero-order valence-electron chi connectivity index (χ0n) is 20.9. The van der Waals surface area contributed by atoms with E-state index in [4.69, 9.17) is 4.74 Å². The molecule has 7 nitrogen and oxygen atoms in total. The van der Waals surface area contributed by atoms with Gasteiger partial charge in [0.25, 0.3) is 0 Å². The predicted octanol–water partition coefficient (Wildman–Crippen LogP) is 6.21. The van der Waals surface area contributed by atoms with E-state index in [-0.39, 0.29) is 62.2 Å². The molecule has 39 heavy (non-hydrogen) atoms. The Morgan fingerprint density at radius 1 is 0.897 bits per heavy atom. The van der Waals surface area contributed by atoms with Crippen molar-refractivity contribution in [2.75, 3.05) is 43.0 Å². The van der Waals surface area contributed by atoms with Gasteiger partial charge in [-0.05, 0) is 61.2 Å². The average Bonchev–Trinajstić information content (AvgIpc) is 2.91. The van der Waals surface area contributed by atoms with Crippen LogP contribution in [0.5, 0.6) is 0 Å². The number of rotatable bonds is 7. The predicted molar refractivity (Wildman–Crippen MR) is 133 cm³/mol. The van der Waals surface area contributed by atoms with Crippen LogP contribution in [0.25, 0.3) is 0 Å². The first kappa shape index (κ1) is 28.7. The monoisotopic (exact) mass is 558 g/mol. The van der Waals surface area contributed by atoms with E-state index in [1.54, 1.807) is 15.9 Å². The van der Waals surface area contributed by atoms with Gasteiger partial charge in [-0.3, -0.25) is 4.79 Å². The summed E-state index contributed by atoms with van der Waals surface area (Å²) in [5.41, 5.74) is -2.12. The number of benzene rings is 2. The van der Waals surface area contributed by atoms with Crippen LogP contribution < -0.4 is 10.2 Å². The lowest BCUT2D eigenvalue weighted by atomic mass is 9.92. The van der Waals surface area contributed by atoms with E-state index >= 15 is 0 Å². The molecule has 0 aromatic heterocycles. The Balaban J connectivity index is 1.21. The van der Waals surface area contributed by atoms with Crippen molar-refractivity contribution in [3.8, 4) is 0 Å². The quantitative estimate of drug-likeness (QED) is 0.323. The molecule has 212 valence electrons. The van der Waals surface area contributed by atoms with Gasteiger partial charge in [0.05, 0.1) is 17.2 Å². The molecule has 0 bridgehead atoms. The molecule has 2 aromatic carbocycles. The van der Waals surface area contributed by atoms with Crippen molar-refractivity contribution in [2.45, 2.75) is 50.2 Å². The number of halogens is 6. The lowest BCUT2D eigenvalue weighted by Crippen LogP contribution is -2.50. The molecule has 0 atom stereocenters. The molecule has 2 aromatic rings. The number of nitroso groups, excluding NO2 is 1. The molecule has 1 N–H and O–H groups in total. The summed E-state index contributed by atoms with van der Waals surface area (Å²) in [6.45, 7) is 0.967. The first-order valence-corrected chi connectivity index (χ1v) is 12.6. The number of nitrogens with one attached hydrogen (secondary N) is 1. The first-order valence-electron chi connectivity index (χ1n) is 12.6. The van der Waals surface area contributed by atoms with Crippen LogP contribution in [0.4, 0.5) is 43.4 Å². The van der Waals surface area contributed by atoms with Crippen LogP contribution in [0.2, 0.25) is 0 Å². The van der Waals surface area contributed by atoms with Gasteiger partial charge in [-0.25, -0.2) is 0 Å². The molecule has 4 rings (SSSR count). The van der Waals surface area contributed by atoms with Gasteiger partial charge in [-0.2, -0.15) is 26.3 Å². The molecule has 0 spiro atoms. The standard InChI is InChI=1S/C26H28F6N4O3/c27-25(28,29)20-3-1-2-4-23(20)35-11-13-36(14-12-35)24(37)16-39-19-8-5-17(6-9-19)33-18-7-10-22(34-38)21(15-18)26(30,31)32/h1-4,7,10,15,17,19,33H,5-6,8-9,11-14,16H2. The Labute approximate surface area is 221 Å². The molecule has 2 aliphatic rings. The molecule has 1 aliphatic heterocycles. The van der Waals surface area contributed by atoms with Crippen LogP contribution in [0.1, 0.15) is 36.8 Å². The minimum Gasteiger partial charge on any atom is -0.382 e. The Morgan fingerprint density at radius 2 is 1.54 bits per heavy atom. The zero-order chi connectivity index (χ0) is 28.2. The lowest BCUT2D eigenvalue weighted by molar-refractivity contribution is -0.140. The van der Waals surface area contributed by atoms with E-state index in [9.17, 15) is 36.0 Å². The van der Waals surface area contributed by atoms with Crippen molar-refractivity contribution in [3.05, 3.63) is 58.5 Å². The van der Waals surface area contributed by atoms with Gasteiger partial charge < -0.3 is 19.9 Å². The second kappa shape index (κ2) is 11.8. The van der Waals surface area contributed by atoms with Crippen molar-refractivity contribution in [1.82, 2.24) is 4.90 Å². The lowest BCUT2D eigenvalue weighted by Gasteiger charge is -2.37. The highest BCUT2D eigenvalue weighted by atomic mass is 19.4. The molecule has 1 heterocycles. The number of ether oxygens (including phenoxy) is 1. The molecule has 2 fully saturated rings. The van der Waals surface area contributed by atoms with E-state index in [0.717, 1.165) is 18.2 Å². The van der Waals surface area contributed by atoms with Gasteiger partial charge in [0.15, 0.2) is 0 Å². The summed E-state index contributed by atoms with van der Waals surface area (Å²) in [5.74, 6) is -0.234. The maximum absolute atomic E-state index is 13.3. The highest BCUT2D eigenvalue weighted by molar-refractivity contribution is 5.78. The topological polar surface area (TPSA) is 74.2 Å². The van der Waals surface area contributed by atoms with Gasteiger partial charge in [0.2, 0.25) is 5.91 Å². The summed E-state index contributed by atoms with van der Waals surface area (Å²) in [4.78, 5) is 26.5. The Kier molecular flexibility index (Phi) is 8.67. The van der Waals surface area contributed by atoms with Crippen LogP contribution in [-0.4, -0.2) is 55.7 Å². The van der Waals surface area contributed by atoms with Crippen molar-refractivity contribution >= 4 is 23.0 Å². The fourth-order valence-corrected chi connectivity index (χ4v) is 5.01. The van der Waals surface area contributed by atoms with Gasteiger partial charge >= 0.3 is 12.4 Å². The summed E-state index contributed by atoms with van der Waals surface area (Å²) < 4.78 is 85.3. The maximum Gasteiger partial charge on any atom is 0.418 e. The number of nitrogens with zero attached hydrogens (tertiary/aromatic N) is 3. The molecule has 13 heteroatoms. The number of carbonyl (C=O) groups is 1. The number of carbonyl (C=O) groups excluding carboxylic acids is 1.